The molecule has 8 nitrogen and oxygen atoms in total. The van der Waals surface area contributed by atoms with Crippen LogP contribution in [0.1, 0.15) is 41.3 Å². The fourth-order valence-corrected chi connectivity index (χ4v) is 4.87. The first-order valence-corrected chi connectivity index (χ1v) is 13.0. The van der Waals surface area contributed by atoms with Crippen LogP contribution in [0.25, 0.3) is 11.3 Å². The highest BCUT2D eigenvalue weighted by molar-refractivity contribution is 7.90. The molecule has 0 bridgehead atoms. The van der Waals surface area contributed by atoms with E-state index in [-0.39, 0.29) is 30.6 Å². The standard InChI is InChI=1S/C27H23F3N4O4S.2H2/c1-15-12-16(2)24(17(3)13-15)38-26-20(25(35)34-39(36,37)23-7-5-6-18(4)32-23)9-10-21(33-26)19-8-11-22(31-14-19)27(28,29)30;;/h5-14H,1-4H3,(H,34,35);2*1H. The molecule has 4 aromatic rings. The Bertz CT molecular complexity index is 1660. The van der Waals surface area contributed by atoms with E-state index < -0.39 is 27.8 Å². The largest absolute Gasteiger partial charge is 0.438 e. The van der Waals surface area contributed by atoms with E-state index in [9.17, 15) is 26.4 Å². The maximum Gasteiger partial charge on any atom is 0.433 e. The van der Waals surface area contributed by atoms with Crippen molar-refractivity contribution in [2.45, 2.75) is 38.9 Å². The third-order valence-electron chi connectivity index (χ3n) is 5.62. The van der Waals surface area contributed by atoms with Crippen LogP contribution in [0.5, 0.6) is 11.6 Å². The number of aromatic nitrogens is 3. The minimum absolute atomic E-state index is 0. The van der Waals surface area contributed by atoms with Gasteiger partial charge in [-0.25, -0.2) is 14.7 Å². The lowest BCUT2D eigenvalue weighted by molar-refractivity contribution is -0.141. The molecule has 0 fully saturated rings. The van der Waals surface area contributed by atoms with Crippen LogP contribution in [0.2, 0.25) is 0 Å². The Hall–Kier alpha value is -4.32. The van der Waals surface area contributed by atoms with Gasteiger partial charge in [0.25, 0.3) is 15.9 Å². The Morgan fingerprint density at radius 3 is 2.23 bits per heavy atom. The Labute approximate surface area is 226 Å². The predicted molar refractivity (Wildman–Crippen MR) is 141 cm³/mol. The molecule has 3 aromatic heterocycles. The van der Waals surface area contributed by atoms with Crippen molar-refractivity contribution in [2.75, 3.05) is 0 Å². The first-order chi connectivity index (χ1) is 18.2. The molecule has 4 rings (SSSR count). The molecule has 1 N–H and O–H groups in total. The molecule has 1 aromatic carbocycles. The number of nitrogens with one attached hydrogen (secondary N) is 1. The number of hydrogen-bond acceptors (Lipinski definition) is 7. The second-order valence-electron chi connectivity index (χ2n) is 8.86. The van der Waals surface area contributed by atoms with E-state index in [1.165, 1.54) is 30.3 Å². The fourth-order valence-electron chi connectivity index (χ4n) is 3.89. The zero-order chi connectivity index (χ0) is 28.5. The van der Waals surface area contributed by atoms with Crippen LogP contribution in [0, 0.1) is 27.7 Å². The molecular formula is C27H27F3N4O4S. The van der Waals surface area contributed by atoms with Crippen LogP contribution in [-0.2, 0) is 16.2 Å². The molecular weight excluding hydrogens is 533 g/mol. The molecule has 206 valence electrons. The highest BCUT2D eigenvalue weighted by Crippen LogP contribution is 2.33. The Morgan fingerprint density at radius 1 is 0.949 bits per heavy atom. The molecule has 0 aliphatic rings. The van der Waals surface area contributed by atoms with Crippen molar-refractivity contribution in [1.82, 2.24) is 19.7 Å². The smallest absolute Gasteiger partial charge is 0.433 e. The highest BCUT2D eigenvalue weighted by atomic mass is 32.2. The van der Waals surface area contributed by atoms with Gasteiger partial charge in [-0.3, -0.25) is 9.78 Å². The molecule has 0 radical (unpaired) electrons. The Balaban J connectivity index is 0.00000294. The first kappa shape index (κ1) is 27.7. The molecule has 0 atom stereocenters. The van der Waals surface area contributed by atoms with Gasteiger partial charge in [0.1, 0.15) is 17.0 Å². The number of halogens is 3. The van der Waals surface area contributed by atoms with Gasteiger partial charge < -0.3 is 4.74 Å². The summed E-state index contributed by atoms with van der Waals surface area (Å²) in [6.45, 7) is 7.11. The minimum atomic E-state index is -4.61. The normalized spacial score (nSPS) is 11.8. The molecule has 0 saturated heterocycles. The van der Waals surface area contributed by atoms with Crippen LogP contribution in [-0.4, -0.2) is 29.3 Å². The Kier molecular flexibility index (Phi) is 7.42. The quantitative estimate of drug-likeness (QED) is 0.299. The molecule has 39 heavy (non-hydrogen) atoms. The van der Waals surface area contributed by atoms with Gasteiger partial charge >= 0.3 is 6.18 Å². The number of carbonyl (C=O) groups excluding carboxylic acids is 1. The topological polar surface area (TPSA) is 111 Å². The van der Waals surface area contributed by atoms with Gasteiger partial charge in [0.15, 0.2) is 5.03 Å². The van der Waals surface area contributed by atoms with E-state index in [0.717, 1.165) is 29.0 Å². The molecule has 0 unspecified atom stereocenters. The monoisotopic (exact) mass is 560 g/mol. The zero-order valence-electron chi connectivity index (χ0n) is 21.3. The number of amides is 1. The van der Waals surface area contributed by atoms with E-state index in [1.54, 1.807) is 26.8 Å². The van der Waals surface area contributed by atoms with Crippen LogP contribution in [0.3, 0.4) is 0 Å². The number of pyridine rings is 3. The third-order valence-corrected chi connectivity index (χ3v) is 6.86. The minimum Gasteiger partial charge on any atom is -0.438 e. The van der Waals surface area contributed by atoms with Gasteiger partial charge in [0.05, 0.1) is 5.69 Å². The number of alkyl halides is 3. The molecule has 0 aliphatic heterocycles. The van der Waals surface area contributed by atoms with Gasteiger partial charge in [-0.2, -0.15) is 21.6 Å². The number of carbonyl (C=O) groups is 1. The van der Waals surface area contributed by atoms with Crippen molar-refractivity contribution < 1.29 is 34.0 Å². The van der Waals surface area contributed by atoms with Crippen molar-refractivity contribution in [3.8, 4) is 22.9 Å². The number of hydrogen-bond donors (Lipinski definition) is 1. The second kappa shape index (κ2) is 10.4. The van der Waals surface area contributed by atoms with Crippen LogP contribution < -0.4 is 9.46 Å². The number of sulfonamides is 1. The molecule has 0 spiro atoms. The average molecular weight is 561 g/mol. The predicted octanol–water partition coefficient (Wildman–Crippen LogP) is 6.19. The number of ether oxygens (including phenoxy) is 1. The summed E-state index contributed by atoms with van der Waals surface area (Å²) in [5.74, 6) is -0.874. The summed E-state index contributed by atoms with van der Waals surface area (Å²) in [5, 5.41) is -0.344. The van der Waals surface area contributed by atoms with Gasteiger partial charge in [-0.1, -0.05) is 23.8 Å². The highest BCUT2D eigenvalue weighted by Gasteiger charge is 2.32. The molecule has 0 saturated carbocycles. The molecule has 0 aliphatic carbocycles. The molecule has 1 amide bonds. The summed E-state index contributed by atoms with van der Waals surface area (Å²) >= 11 is 0. The summed E-state index contributed by atoms with van der Waals surface area (Å²) in [5.41, 5.74) is 1.99. The van der Waals surface area contributed by atoms with Gasteiger partial charge in [-0.05, 0) is 75.2 Å². The van der Waals surface area contributed by atoms with E-state index in [2.05, 4.69) is 15.0 Å². The number of aryl methyl sites for hydroxylation is 4. The Morgan fingerprint density at radius 2 is 1.64 bits per heavy atom. The average Bonchev–Trinajstić information content (AvgIpc) is 2.85. The lowest BCUT2D eigenvalue weighted by atomic mass is 10.1. The van der Waals surface area contributed by atoms with Gasteiger partial charge in [0.2, 0.25) is 5.88 Å². The van der Waals surface area contributed by atoms with Crippen LogP contribution in [0.15, 0.2) is 65.8 Å². The SMILES string of the molecule is Cc1cc(C)c(Oc2nc(-c3ccc(C(F)(F)F)nc3)ccc2C(=O)NS(=O)(=O)c2cccc(C)n2)c(C)c1.[HH].[HH]. The number of nitrogens with zero attached hydrogens (tertiary/aromatic N) is 3. The van der Waals surface area contributed by atoms with Gasteiger partial charge in [0, 0.05) is 20.3 Å². The third kappa shape index (κ3) is 6.23. The summed E-state index contributed by atoms with van der Waals surface area (Å²) < 4.78 is 72.6. The fraction of sp³-hybridized carbons (Fsp3) is 0.185. The lowest BCUT2D eigenvalue weighted by Crippen LogP contribution is -2.31. The van der Waals surface area contributed by atoms with E-state index in [1.807, 2.05) is 23.8 Å². The molecule has 12 heteroatoms. The maximum atomic E-state index is 13.2. The first-order valence-electron chi connectivity index (χ1n) is 11.6. The molecule has 3 heterocycles. The lowest BCUT2D eigenvalue weighted by Gasteiger charge is -2.16. The summed E-state index contributed by atoms with van der Waals surface area (Å²) in [7, 11) is -4.33. The summed E-state index contributed by atoms with van der Waals surface area (Å²) in [6, 6.07) is 12.7. The van der Waals surface area contributed by atoms with Crippen molar-refractivity contribution in [2.24, 2.45) is 0 Å². The van der Waals surface area contributed by atoms with Gasteiger partial charge in [-0.15, -0.1) is 0 Å². The van der Waals surface area contributed by atoms with Crippen molar-refractivity contribution in [3.05, 3.63) is 94.4 Å². The van der Waals surface area contributed by atoms with Crippen molar-refractivity contribution in [1.29, 1.82) is 0 Å². The van der Waals surface area contributed by atoms with E-state index >= 15 is 0 Å². The van der Waals surface area contributed by atoms with Crippen molar-refractivity contribution >= 4 is 15.9 Å². The van der Waals surface area contributed by atoms with Crippen LogP contribution in [0.4, 0.5) is 13.2 Å². The second-order valence-corrected chi connectivity index (χ2v) is 10.5. The summed E-state index contributed by atoms with van der Waals surface area (Å²) in [4.78, 5) is 24.9. The number of benzene rings is 1. The zero-order valence-corrected chi connectivity index (χ0v) is 22.1. The summed E-state index contributed by atoms with van der Waals surface area (Å²) in [6.07, 6.45) is -3.61. The van der Waals surface area contributed by atoms with Crippen molar-refractivity contribution in [3.63, 3.8) is 0 Å². The van der Waals surface area contributed by atoms with Crippen LogP contribution >= 0.6 is 0 Å². The van der Waals surface area contributed by atoms with E-state index in [4.69, 9.17) is 4.74 Å². The maximum absolute atomic E-state index is 13.2. The number of rotatable bonds is 6. The van der Waals surface area contributed by atoms with E-state index in [0.29, 0.717) is 11.4 Å².